The molecule has 0 saturated carbocycles. The standard InChI is InChI=1S/C6H5N5O/c12-11-7-4-1-2-5-6(3-4)9-10-8-5/h1-3H,(H,7,12)(H,8,9,10). The fraction of sp³-hybridized carbons (Fsp3) is 0. The summed E-state index contributed by atoms with van der Waals surface area (Å²) in [5.74, 6) is 0. The van der Waals surface area contributed by atoms with E-state index >= 15 is 0 Å². The molecule has 6 heteroatoms. The molecule has 6 nitrogen and oxygen atoms in total. The van der Waals surface area contributed by atoms with Gasteiger partial charge in [0.2, 0.25) is 0 Å². The van der Waals surface area contributed by atoms with Crippen molar-refractivity contribution in [2.24, 2.45) is 5.29 Å². The normalized spacial score (nSPS) is 10.0. The summed E-state index contributed by atoms with van der Waals surface area (Å²) in [4.78, 5) is 9.84. The second-order valence-corrected chi connectivity index (χ2v) is 2.23. The van der Waals surface area contributed by atoms with Crippen molar-refractivity contribution in [1.82, 2.24) is 15.4 Å². The lowest BCUT2D eigenvalue weighted by Crippen LogP contribution is -1.84. The summed E-state index contributed by atoms with van der Waals surface area (Å²) in [5, 5.41) is 12.7. The Hall–Kier alpha value is -1.98. The SMILES string of the molecule is O=NNc1ccc2n[nH]nc2c1. The molecule has 0 bridgehead atoms. The van der Waals surface area contributed by atoms with E-state index < -0.39 is 0 Å². The summed E-state index contributed by atoms with van der Waals surface area (Å²) in [6.45, 7) is 0. The van der Waals surface area contributed by atoms with Crippen LogP contribution >= 0.6 is 0 Å². The molecule has 0 saturated heterocycles. The highest BCUT2D eigenvalue weighted by atomic mass is 16.3. The highest BCUT2D eigenvalue weighted by Crippen LogP contribution is 2.14. The molecule has 1 aromatic carbocycles. The average Bonchev–Trinajstić information content (AvgIpc) is 2.51. The van der Waals surface area contributed by atoms with Gasteiger partial charge in [0.25, 0.3) is 0 Å². The Balaban J connectivity index is 2.52. The molecule has 0 spiro atoms. The van der Waals surface area contributed by atoms with Gasteiger partial charge in [-0.15, -0.1) is 4.91 Å². The molecule has 1 aromatic heterocycles. The lowest BCUT2D eigenvalue weighted by molar-refractivity contribution is 0.959. The van der Waals surface area contributed by atoms with Crippen molar-refractivity contribution in [3.63, 3.8) is 0 Å². The van der Waals surface area contributed by atoms with E-state index in [0.29, 0.717) is 11.2 Å². The fourth-order valence-electron chi connectivity index (χ4n) is 0.963. The van der Waals surface area contributed by atoms with Gasteiger partial charge in [-0.25, -0.2) is 5.43 Å². The van der Waals surface area contributed by atoms with Crippen LogP contribution in [0.25, 0.3) is 11.0 Å². The second kappa shape index (κ2) is 2.57. The minimum absolute atomic E-state index is 0.603. The van der Waals surface area contributed by atoms with Crippen molar-refractivity contribution in [2.45, 2.75) is 0 Å². The number of hydrogen-bond acceptors (Lipinski definition) is 4. The van der Waals surface area contributed by atoms with Crippen LogP contribution in [0, 0.1) is 4.91 Å². The van der Waals surface area contributed by atoms with Gasteiger partial charge in [0, 0.05) is 0 Å². The zero-order valence-corrected chi connectivity index (χ0v) is 5.98. The van der Waals surface area contributed by atoms with Crippen LogP contribution < -0.4 is 5.43 Å². The monoisotopic (exact) mass is 163 g/mol. The topological polar surface area (TPSA) is 83.0 Å². The molecule has 2 rings (SSSR count). The largest absolute Gasteiger partial charge is 0.242 e. The summed E-state index contributed by atoms with van der Waals surface area (Å²) in [7, 11) is 0. The third kappa shape index (κ3) is 0.986. The Morgan fingerprint density at radius 3 is 3.00 bits per heavy atom. The van der Waals surface area contributed by atoms with Crippen LogP contribution in [0.15, 0.2) is 23.5 Å². The summed E-state index contributed by atoms with van der Waals surface area (Å²) in [6.07, 6.45) is 0. The van der Waals surface area contributed by atoms with Crippen molar-refractivity contribution in [3.05, 3.63) is 23.1 Å². The number of benzene rings is 1. The van der Waals surface area contributed by atoms with Gasteiger partial charge in [-0.1, -0.05) is 0 Å². The number of anilines is 1. The van der Waals surface area contributed by atoms with Crippen LogP contribution in [0.5, 0.6) is 0 Å². The van der Waals surface area contributed by atoms with Gasteiger partial charge in [0.1, 0.15) is 11.0 Å². The number of H-pyrrole nitrogens is 1. The number of nitrogens with zero attached hydrogens (tertiary/aromatic N) is 3. The first-order valence-electron chi connectivity index (χ1n) is 3.29. The van der Waals surface area contributed by atoms with Gasteiger partial charge in [-0.2, -0.15) is 15.4 Å². The molecule has 0 radical (unpaired) electrons. The van der Waals surface area contributed by atoms with Gasteiger partial charge in [0.15, 0.2) is 0 Å². The predicted molar refractivity (Wildman–Crippen MR) is 43.3 cm³/mol. The second-order valence-electron chi connectivity index (χ2n) is 2.23. The maximum Gasteiger partial charge on any atom is 0.115 e. The molecule has 0 aliphatic rings. The van der Waals surface area contributed by atoms with Crippen molar-refractivity contribution >= 4 is 16.7 Å². The Bertz CT molecular complexity index is 409. The Morgan fingerprint density at radius 2 is 2.17 bits per heavy atom. The summed E-state index contributed by atoms with van der Waals surface area (Å²) >= 11 is 0. The van der Waals surface area contributed by atoms with E-state index in [-0.39, 0.29) is 0 Å². The summed E-state index contributed by atoms with van der Waals surface area (Å²) in [5.41, 5.74) is 4.33. The maximum atomic E-state index is 9.84. The van der Waals surface area contributed by atoms with E-state index in [1.807, 2.05) is 0 Å². The number of fused-ring (bicyclic) bond motifs is 1. The van der Waals surface area contributed by atoms with E-state index in [2.05, 4.69) is 26.1 Å². The number of aromatic amines is 1. The zero-order chi connectivity index (χ0) is 8.39. The predicted octanol–water partition coefficient (Wildman–Crippen LogP) is 1.05. The van der Waals surface area contributed by atoms with Gasteiger partial charge >= 0.3 is 0 Å². The first-order valence-corrected chi connectivity index (χ1v) is 3.29. The first-order chi connectivity index (χ1) is 5.90. The number of nitroso groups, excluding NO2 is 1. The van der Waals surface area contributed by atoms with Crippen LogP contribution in [0.3, 0.4) is 0 Å². The van der Waals surface area contributed by atoms with Crippen molar-refractivity contribution in [1.29, 1.82) is 0 Å². The van der Waals surface area contributed by atoms with Gasteiger partial charge in [-0.05, 0) is 18.2 Å². The third-order valence-electron chi connectivity index (χ3n) is 1.49. The molecular weight excluding hydrogens is 158 g/mol. The zero-order valence-electron chi connectivity index (χ0n) is 5.98. The van der Waals surface area contributed by atoms with E-state index in [1.54, 1.807) is 18.2 Å². The van der Waals surface area contributed by atoms with Crippen LogP contribution in [-0.2, 0) is 0 Å². The molecule has 2 aromatic rings. The van der Waals surface area contributed by atoms with Gasteiger partial charge in [0.05, 0.1) is 11.0 Å². The van der Waals surface area contributed by atoms with E-state index in [1.165, 1.54) is 0 Å². The molecule has 0 unspecified atom stereocenters. The number of hydrogen-bond donors (Lipinski definition) is 2. The lowest BCUT2D eigenvalue weighted by Gasteiger charge is -1.93. The molecule has 0 fully saturated rings. The smallest absolute Gasteiger partial charge is 0.115 e. The minimum atomic E-state index is 0.603. The van der Waals surface area contributed by atoms with Crippen LogP contribution in [0.2, 0.25) is 0 Å². The van der Waals surface area contributed by atoms with Crippen LogP contribution in [0.1, 0.15) is 0 Å². The maximum absolute atomic E-state index is 9.84. The lowest BCUT2D eigenvalue weighted by atomic mass is 10.3. The van der Waals surface area contributed by atoms with E-state index in [0.717, 1.165) is 5.52 Å². The quantitative estimate of drug-likeness (QED) is 0.512. The molecule has 1 heterocycles. The number of rotatable bonds is 2. The van der Waals surface area contributed by atoms with Crippen molar-refractivity contribution in [2.75, 3.05) is 5.43 Å². The molecule has 12 heavy (non-hydrogen) atoms. The first kappa shape index (κ1) is 6.71. The number of aromatic nitrogens is 3. The minimum Gasteiger partial charge on any atom is -0.242 e. The molecule has 2 N–H and O–H groups in total. The van der Waals surface area contributed by atoms with Gasteiger partial charge < -0.3 is 0 Å². The molecule has 0 aliphatic carbocycles. The Morgan fingerprint density at radius 1 is 1.33 bits per heavy atom. The van der Waals surface area contributed by atoms with E-state index in [4.69, 9.17) is 0 Å². The van der Waals surface area contributed by atoms with E-state index in [9.17, 15) is 4.91 Å². The summed E-state index contributed by atoms with van der Waals surface area (Å²) in [6, 6.07) is 5.12. The van der Waals surface area contributed by atoms with Crippen LogP contribution in [0.4, 0.5) is 5.69 Å². The van der Waals surface area contributed by atoms with Gasteiger partial charge in [-0.3, -0.25) is 0 Å². The Labute approximate surface area is 66.9 Å². The summed E-state index contributed by atoms with van der Waals surface area (Å²) < 4.78 is 0. The molecular formula is C6H5N5O. The Kier molecular flexibility index (Phi) is 1.44. The molecule has 0 amide bonds. The average molecular weight is 163 g/mol. The highest BCUT2D eigenvalue weighted by Gasteiger charge is 1.98. The van der Waals surface area contributed by atoms with Crippen LogP contribution in [-0.4, -0.2) is 15.4 Å². The fourth-order valence-corrected chi connectivity index (χ4v) is 0.963. The molecule has 60 valence electrons. The molecule has 0 aliphatic heterocycles. The number of nitrogens with one attached hydrogen (secondary N) is 2. The molecule has 0 atom stereocenters. The third-order valence-corrected chi connectivity index (χ3v) is 1.49. The highest BCUT2D eigenvalue weighted by molar-refractivity contribution is 5.77. The van der Waals surface area contributed by atoms with Crippen molar-refractivity contribution < 1.29 is 0 Å². The van der Waals surface area contributed by atoms with Crippen molar-refractivity contribution in [3.8, 4) is 0 Å².